The molecule has 0 aliphatic carbocycles. The number of carbonyl (C=O) groups excluding carboxylic acids is 1. The summed E-state index contributed by atoms with van der Waals surface area (Å²) in [7, 11) is 0. The van der Waals surface area contributed by atoms with Gasteiger partial charge in [-0.05, 0) is 35.6 Å². The van der Waals surface area contributed by atoms with E-state index in [-0.39, 0.29) is 12.7 Å². The highest BCUT2D eigenvalue weighted by Gasteiger charge is 2.23. The maximum absolute atomic E-state index is 12.7. The quantitative estimate of drug-likeness (QED) is 0.835. The maximum atomic E-state index is 12.7. The van der Waals surface area contributed by atoms with Gasteiger partial charge in [0.2, 0.25) is 12.7 Å². The second-order valence-corrected chi connectivity index (χ2v) is 8.20. The van der Waals surface area contributed by atoms with E-state index >= 15 is 0 Å². The lowest BCUT2D eigenvalue weighted by atomic mass is 10.1. The SMILES string of the molecule is O=C(Cc1ccc2c(c1)OCO2)N1CCS[C@H](c2cccs2)CC1. The molecule has 4 rings (SSSR count). The Hall–Kier alpha value is -1.66. The molecule has 2 aliphatic heterocycles. The standard InChI is InChI=1S/C18H19NO3S2/c20-18(11-13-3-4-14-15(10-13)22-12-21-14)19-6-5-17(24-9-7-19)16-2-1-8-23-16/h1-4,8,10,17H,5-7,9,11-12H2/t17-/m0/s1. The molecule has 0 bridgehead atoms. The van der Waals surface area contributed by atoms with E-state index in [9.17, 15) is 4.79 Å². The molecular weight excluding hydrogens is 342 g/mol. The molecule has 24 heavy (non-hydrogen) atoms. The zero-order valence-electron chi connectivity index (χ0n) is 13.3. The third kappa shape index (κ3) is 3.39. The molecule has 0 saturated carbocycles. The van der Waals surface area contributed by atoms with Gasteiger partial charge in [0.1, 0.15) is 0 Å². The number of amides is 1. The number of thiophene rings is 1. The van der Waals surface area contributed by atoms with Crippen LogP contribution in [0.1, 0.15) is 22.1 Å². The molecule has 6 heteroatoms. The highest BCUT2D eigenvalue weighted by Crippen LogP contribution is 2.37. The van der Waals surface area contributed by atoms with Crippen LogP contribution in [0.25, 0.3) is 0 Å². The van der Waals surface area contributed by atoms with Gasteiger partial charge in [-0.3, -0.25) is 4.79 Å². The zero-order valence-corrected chi connectivity index (χ0v) is 14.9. The average molecular weight is 361 g/mol. The molecule has 2 aliphatic rings. The molecule has 1 saturated heterocycles. The highest BCUT2D eigenvalue weighted by atomic mass is 32.2. The Labute approximate surface area is 149 Å². The number of ether oxygens (including phenoxy) is 2. The molecule has 0 spiro atoms. The van der Waals surface area contributed by atoms with Crippen molar-refractivity contribution in [1.82, 2.24) is 4.90 Å². The Bertz CT molecular complexity index is 717. The van der Waals surface area contributed by atoms with E-state index in [1.165, 1.54) is 4.88 Å². The van der Waals surface area contributed by atoms with Crippen molar-refractivity contribution in [2.45, 2.75) is 18.1 Å². The van der Waals surface area contributed by atoms with E-state index in [4.69, 9.17) is 9.47 Å². The number of hydrogen-bond donors (Lipinski definition) is 0. The Kier molecular flexibility index (Phi) is 4.67. The Morgan fingerprint density at radius 1 is 1.21 bits per heavy atom. The topological polar surface area (TPSA) is 38.8 Å². The Balaban J connectivity index is 1.38. The van der Waals surface area contributed by atoms with Crippen molar-refractivity contribution in [3.63, 3.8) is 0 Å². The van der Waals surface area contributed by atoms with Gasteiger partial charge in [-0.2, -0.15) is 11.8 Å². The van der Waals surface area contributed by atoms with Gasteiger partial charge < -0.3 is 14.4 Å². The van der Waals surface area contributed by atoms with E-state index < -0.39 is 0 Å². The summed E-state index contributed by atoms with van der Waals surface area (Å²) in [6.45, 7) is 1.93. The van der Waals surface area contributed by atoms with Crippen molar-refractivity contribution in [1.29, 1.82) is 0 Å². The first-order valence-electron chi connectivity index (χ1n) is 8.11. The molecule has 1 aromatic heterocycles. The van der Waals surface area contributed by atoms with Crippen LogP contribution in [0.2, 0.25) is 0 Å². The van der Waals surface area contributed by atoms with Crippen LogP contribution in [0.5, 0.6) is 11.5 Å². The second kappa shape index (κ2) is 7.07. The minimum absolute atomic E-state index is 0.196. The lowest BCUT2D eigenvalue weighted by Crippen LogP contribution is -2.34. The number of thioether (sulfide) groups is 1. The van der Waals surface area contributed by atoms with Crippen molar-refractivity contribution in [3.8, 4) is 11.5 Å². The summed E-state index contributed by atoms with van der Waals surface area (Å²) in [6, 6.07) is 10.1. The predicted molar refractivity (Wildman–Crippen MR) is 97.0 cm³/mol. The van der Waals surface area contributed by atoms with Crippen LogP contribution in [0, 0.1) is 0 Å². The molecule has 1 atom stereocenters. The molecule has 0 unspecified atom stereocenters. The number of fused-ring (bicyclic) bond motifs is 1. The highest BCUT2D eigenvalue weighted by molar-refractivity contribution is 7.99. The summed E-state index contributed by atoms with van der Waals surface area (Å²) >= 11 is 3.78. The van der Waals surface area contributed by atoms with Crippen LogP contribution in [-0.4, -0.2) is 36.4 Å². The van der Waals surface area contributed by atoms with Crippen LogP contribution in [0.3, 0.4) is 0 Å². The minimum Gasteiger partial charge on any atom is -0.454 e. The molecule has 3 heterocycles. The van der Waals surface area contributed by atoms with E-state index in [0.29, 0.717) is 11.7 Å². The van der Waals surface area contributed by atoms with Crippen LogP contribution in [0.15, 0.2) is 35.7 Å². The van der Waals surface area contributed by atoms with Crippen LogP contribution < -0.4 is 9.47 Å². The van der Waals surface area contributed by atoms with Gasteiger partial charge in [0.25, 0.3) is 0 Å². The lowest BCUT2D eigenvalue weighted by Gasteiger charge is -2.20. The van der Waals surface area contributed by atoms with Gasteiger partial charge >= 0.3 is 0 Å². The maximum Gasteiger partial charge on any atom is 0.231 e. The smallest absolute Gasteiger partial charge is 0.231 e. The fourth-order valence-electron chi connectivity index (χ4n) is 3.06. The summed E-state index contributed by atoms with van der Waals surface area (Å²) in [5.41, 5.74) is 0.982. The van der Waals surface area contributed by atoms with Crippen molar-refractivity contribution >= 4 is 29.0 Å². The number of nitrogens with zero attached hydrogens (tertiary/aromatic N) is 1. The van der Waals surface area contributed by atoms with Crippen LogP contribution in [0.4, 0.5) is 0 Å². The molecule has 0 radical (unpaired) electrons. The Morgan fingerprint density at radius 3 is 3.00 bits per heavy atom. The first-order chi connectivity index (χ1) is 11.8. The van der Waals surface area contributed by atoms with Crippen molar-refractivity contribution in [3.05, 3.63) is 46.2 Å². The predicted octanol–water partition coefficient (Wildman–Crippen LogP) is 3.73. The third-order valence-corrected chi connectivity index (χ3v) is 6.79. The monoisotopic (exact) mass is 361 g/mol. The van der Waals surface area contributed by atoms with E-state index in [1.807, 2.05) is 46.2 Å². The second-order valence-electron chi connectivity index (χ2n) is 5.91. The van der Waals surface area contributed by atoms with Gasteiger partial charge in [-0.15, -0.1) is 11.3 Å². The molecule has 1 amide bonds. The largest absolute Gasteiger partial charge is 0.454 e. The Morgan fingerprint density at radius 2 is 2.12 bits per heavy atom. The first-order valence-corrected chi connectivity index (χ1v) is 10.0. The van der Waals surface area contributed by atoms with Crippen LogP contribution >= 0.6 is 23.1 Å². The fraction of sp³-hybridized carbons (Fsp3) is 0.389. The van der Waals surface area contributed by atoms with E-state index in [0.717, 1.165) is 42.3 Å². The number of rotatable bonds is 3. The van der Waals surface area contributed by atoms with Crippen molar-refractivity contribution in [2.75, 3.05) is 25.6 Å². The average Bonchev–Trinajstić information content (AvgIpc) is 3.22. The zero-order chi connectivity index (χ0) is 16.4. The molecular formula is C18H19NO3S2. The molecule has 4 nitrogen and oxygen atoms in total. The van der Waals surface area contributed by atoms with Crippen LogP contribution in [-0.2, 0) is 11.2 Å². The minimum atomic E-state index is 0.196. The number of carbonyl (C=O) groups is 1. The van der Waals surface area contributed by atoms with Gasteiger partial charge in [0, 0.05) is 29.0 Å². The van der Waals surface area contributed by atoms with Gasteiger partial charge in [-0.25, -0.2) is 0 Å². The van der Waals surface area contributed by atoms with E-state index in [2.05, 4.69) is 17.5 Å². The number of hydrogen-bond acceptors (Lipinski definition) is 5. The molecule has 126 valence electrons. The number of benzene rings is 1. The molecule has 2 aromatic rings. The normalized spacial score (nSPS) is 20.0. The summed E-state index contributed by atoms with van der Waals surface area (Å²) in [6.07, 6.45) is 1.45. The van der Waals surface area contributed by atoms with E-state index in [1.54, 1.807) is 0 Å². The molecule has 1 aromatic carbocycles. The molecule has 0 N–H and O–H groups in total. The van der Waals surface area contributed by atoms with Gasteiger partial charge in [-0.1, -0.05) is 12.1 Å². The lowest BCUT2D eigenvalue weighted by molar-refractivity contribution is -0.130. The summed E-state index contributed by atoms with van der Waals surface area (Å²) in [5, 5.41) is 2.65. The van der Waals surface area contributed by atoms with Gasteiger partial charge in [0.15, 0.2) is 11.5 Å². The first kappa shape index (κ1) is 15.8. The summed E-state index contributed by atoms with van der Waals surface area (Å²) < 4.78 is 10.7. The van der Waals surface area contributed by atoms with Crippen molar-refractivity contribution < 1.29 is 14.3 Å². The van der Waals surface area contributed by atoms with Gasteiger partial charge in [0.05, 0.1) is 6.42 Å². The fourth-order valence-corrected chi connectivity index (χ4v) is 5.30. The third-order valence-electron chi connectivity index (χ3n) is 4.35. The summed E-state index contributed by atoms with van der Waals surface area (Å²) in [5.74, 6) is 2.69. The molecule has 1 fully saturated rings. The summed E-state index contributed by atoms with van der Waals surface area (Å²) in [4.78, 5) is 16.1. The van der Waals surface area contributed by atoms with Crippen molar-refractivity contribution in [2.24, 2.45) is 0 Å².